The molecule has 0 saturated carbocycles. The molecule has 2 N–H and O–H groups in total. The Bertz CT molecular complexity index is 342. The molecule has 0 aromatic heterocycles. The van der Waals surface area contributed by atoms with Crippen molar-refractivity contribution in [3.63, 3.8) is 0 Å². The van der Waals surface area contributed by atoms with Gasteiger partial charge in [0, 0.05) is 32.2 Å². The first-order valence-corrected chi connectivity index (χ1v) is 8.43. The van der Waals surface area contributed by atoms with Gasteiger partial charge in [0.05, 0.1) is 6.61 Å². The molecular weight excluding hydrogens is 266 g/mol. The third kappa shape index (κ3) is 5.74. The molecule has 1 heterocycles. The standard InChI is InChI=1S/C12H27N3O3S/c1-4-13-7-5-8-15(3)19(16,17)14-11(2)12-6-9-18-10-12/h11-14H,4-10H2,1-3H3. The molecule has 1 aliphatic rings. The van der Waals surface area contributed by atoms with E-state index >= 15 is 0 Å². The molecular formula is C12H27N3O3S. The highest BCUT2D eigenvalue weighted by molar-refractivity contribution is 7.87. The van der Waals surface area contributed by atoms with Gasteiger partial charge < -0.3 is 10.1 Å². The van der Waals surface area contributed by atoms with Crippen LogP contribution in [0.4, 0.5) is 0 Å². The van der Waals surface area contributed by atoms with E-state index in [1.165, 1.54) is 4.31 Å². The third-order valence-electron chi connectivity index (χ3n) is 3.49. The van der Waals surface area contributed by atoms with Crippen LogP contribution in [-0.4, -0.2) is 58.7 Å². The summed E-state index contributed by atoms with van der Waals surface area (Å²) in [6, 6.07) is -0.0799. The zero-order chi connectivity index (χ0) is 14.3. The fourth-order valence-electron chi connectivity index (χ4n) is 2.09. The topological polar surface area (TPSA) is 70.7 Å². The monoisotopic (exact) mass is 293 g/mol. The van der Waals surface area contributed by atoms with Crippen LogP contribution in [-0.2, 0) is 14.9 Å². The summed E-state index contributed by atoms with van der Waals surface area (Å²) >= 11 is 0. The molecule has 0 spiro atoms. The summed E-state index contributed by atoms with van der Waals surface area (Å²) in [4.78, 5) is 0. The van der Waals surface area contributed by atoms with Crippen molar-refractivity contribution >= 4 is 10.2 Å². The summed E-state index contributed by atoms with van der Waals surface area (Å²) in [6.07, 6.45) is 1.74. The molecule has 2 unspecified atom stereocenters. The molecule has 0 aliphatic carbocycles. The second kappa shape index (κ2) is 8.16. The van der Waals surface area contributed by atoms with Crippen molar-refractivity contribution in [3.8, 4) is 0 Å². The molecule has 7 heteroatoms. The smallest absolute Gasteiger partial charge is 0.279 e. The van der Waals surface area contributed by atoms with Gasteiger partial charge in [0.2, 0.25) is 0 Å². The fraction of sp³-hybridized carbons (Fsp3) is 1.00. The molecule has 1 fully saturated rings. The van der Waals surface area contributed by atoms with E-state index in [1.807, 2.05) is 13.8 Å². The van der Waals surface area contributed by atoms with E-state index in [9.17, 15) is 8.42 Å². The Morgan fingerprint density at radius 1 is 1.47 bits per heavy atom. The van der Waals surface area contributed by atoms with Crippen LogP contribution in [0.3, 0.4) is 0 Å². The predicted octanol–water partition coefficient (Wildman–Crippen LogP) is 0.177. The second-order valence-electron chi connectivity index (χ2n) is 5.06. The van der Waals surface area contributed by atoms with Crippen LogP contribution in [0.5, 0.6) is 0 Å². The van der Waals surface area contributed by atoms with Gasteiger partial charge in [0.25, 0.3) is 10.2 Å². The normalized spacial score (nSPS) is 22.0. The van der Waals surface area contributed by atoms with Crippen molar-refractivity contribution in [2.75, 3.05) is 39.9 Å². The van der Waals surface area contributed by atoms with Gasteiger partial charge in [-0.15, -0.1) is 0 Å². The lowest BCUT2D eigenvalue weighted by Gasteiger charge is -2.23. The second-order valence-corrected chi connectivity index (χ2v) is 6.87. The number of hydrogen-bond acceptors (Lipinski definition) is 4. The third-order valence-corrected chi connectivity index (χ3v) is 5.17. The average molecular weight is 293 g/mol. The van der Waals surface area contributed by atoms with Crippen molar-refractivity contribution in [2.24, 2.45) is 5.92 Å². The first-order valence-electron chi connectivity index (χ1n) is 6.99. The molecule has 0 bridgehead atoms. The quantitative estimate of drug-likeness (QED) is 0.595. The van der Waals surface area contributed by atoms with Gasteiger partial charge in [-0.05, 0) is 32.9 Å². The number of nitrogens with one attached hydrogen (secondary N) is 2. The molecule has 6 nitrogen and oxygen atoms in total. The summed E-state index contributed by atoms with van der Waals surface area (Å²) < 4.78 is 33.6. The summed E-state index contributed by atoms with van der Waals surface area (Å²) in [5.41, 5.74) is 0. The van der Waals surface area contributed by atoms with Crippen molar-refractivity contribution in [1.29, 1.82) is 0 Å². The molecule has 19 heavy (non-hydrogen) atoms. The minimum atomic E-state index is -3.38. The van der Waals surface area contributed by atoms with Crippen LogP contribution in [0.25, 0.3) is 0 Å². The lowest BCUT2D eigenvalue weighted by atomic mass is 10.0. The molecule has 1 rings (SSSR count). The van der Waals surface area contributed by atoms with Crippen LogP contribution in [0.2, 0.25) is 0 Å². The van der Waals surface area contributed by atoms with Crippen LogP contribution >= 0.6 is 0 Å². The van der Waals surface area contributed by atoms with Crippen LogP contribution < -0.4 is 10.0 Å². The molecule has 2 atom stereocenters. The highest BCUT2D eigenvalue weighted by Gasteiger charge is 2.27. The van der Waals surface area contributed by atoms with E-state index in [1.54, 1.807) is 7.05 Å². The van der Waals surface area contributed by atoms with Gasteiger partial charge in [-0.3, -0.25) is 0 Å². The molecule has 0 aromatic rings. The highest BCUT2D eigenvalue weighted by Crippen LogP contribution is 2.17. The van der Waals surface area contributed by atoms with E-state index in [0.29, 0.717) is 13.2 Å². The molecule has 0 radical (unpaired) electrons. The first-order chi connectivity index (χ1) is 8.97. The van der Waals surface area contributed by atoms with Crippen LogP contribution in [0, 0.1) is 5.92 Å². The van der Waals surface area contributed by atoms with Gasteiger partial charge >= 0.3 is 0 Å². The van der Waals surface area contributed by atoms with Gasteiger partial charge in [-0.25, -0.2) is 0 Å². The molecule has 1 aliphatic heterocycles. The van der Waals surface area contributed by atoms with Crippen molar-refractivity contribution in [2.45, 2.75) is 32.7 Å². The van der Waals surface area contributed by atoms with E-state index < -0.39 is 10.2 Å². The number of hydrogen-bond donors (Lipinski definition) is 2. The minimum absolute atomic E-state index is 0.0799. The Balaban J connectivity index is 2.36. The van der Waals surface area contributed by atoms with Gasteiger partial charge in [0.15, 0.2) is 0 Å². The lowest BCUT2D eigenvalue weighted by molar-refractivity contribution is 0.180. The predicted molar refractivity (Wildman–Crippen MR) is 76.2 cm³/mol. The fourth-order valence-corrected chi connectivity index (χ4v) is 3.30. The Kier molecular flexibility index (Phi) is 7.23. The Morgan fingerprint density at radius 3 is 2.79 bits per heavy atom. The molecule has 114 valence electrons. The minimum Gasteiger partial charge on any atom is -0.381 e. The van der Waals surface area contributed by atoms with Gasteiger partial charge in [-0.2, -0.15) is 17.4 Å². The molecule has 0 amide bonds. The zero-order valence-electron chi connectivity index (χ0n) is 12.2. The molecule has 0 aromatic carbocycles. The first kappa shape index (κ1) is 16.8. The Labute approximate surface area is 117 Å². The van der Waals surface area contributed by atoms with Crippen molar-refractivity contribution in [3.05, 3.63) is 0 Å². The summed E-state index contributed by atoms with van der Waals surface area (Å²) in [7, 11) is -1.77. The van der Waals surface area contributed by atoms with Crippen molar-refractivity contribution < 1.29 is 13.2 Å². The highest BCUT2D eigenvalue weighted by atomic mass is 32.2. The lowest BCUT2D eigenvalue weighted by Crippen LogP contribution is -2.46. The zero-order valence-corrected chi connectivity index (χ0v) is 13.0. The average Bonchev–Trinajstić information content (AvgIpc) is 2.87. The van der Waals surface area contributed by atoms with Gasteiger partial charge in [0.1, 0.15) is 0 Å². The number of ether oxygens (including phenoxy) is 1. The van der Waals surface area contributed by atoms with Crippen molar-refractivity contribution in [1.82, 2.24) is 14.3 Å². The Morgan fingerprint density at radius 2 is 2.21 bits per heavy atom. The maximum atomic E-state index is 12.1. The summed E-state index contributed by atoms with van der Waals surface area (Å²) in [5.74, 6) is 0.282. The largest absolute Gasteiger partial charge is 0.381 e. The summed E-state index contributed by atoms with van der Waals surface area (Å²) in [5, 5.41) is 3.18. The Hall–Kier alpha value is -0.210. The maximum Gasteiger partial charge on any atom is 0.279 e. The van der Waals surface area contributed by atoms with E-state index in [0.717, 1.165) is 32.5 Å². The van der Waals surface area contributed by atoms with E-state index in [-0.39, 0.29) is 12.0 Å². The summed E-state index contributed by atoms with van der Waals surface area (Å²) in [6.45, 7) is 7.59. The van der Waals surface area contributed by atoms with E-state index in [4.69, 9.17) is 4.74 Å². The number of rotatable bonds is 9. The van der Waals surface area contributed by atoms with Crippen LogP contribution in [0.15, 0.2) is 0 Å². The van der Waals surface area contributed by atoms with E-state index in [2.05, 4.69) is 10.0 Å². The maximum absolute atomic E-state index is 12.1. The molecule has 1 saturated heterocycles. The van der Waals surface area contributed by atoms with Gasteiger partial charge in [-0.1, -0.05) is 6.92 Å². The number of nitrogens with zero attached hydrogens (tertiary/aromatic N) is 1. The van der Waals surface area contributed by atoms with Crippen LogP contribution in [0.1, 0.15) is 26.7 Å². The SMILES string of the molecule is CCNCCCN(C)S(=O)(=O)NC(C)C1CCOC1.